The largest absolute Gasteiger partial charge is 0.474 e. The number of nitrogens with zero attached hydrogens (tertiary/aromatic N) is 3. The number of aromatic nitrogens is 2. The normalized spacial score (nSPS) is 17.1. The van der Waals surface area contributed by atoms with E-state index in [1.807, 2.05) is 51.1 Å². The van der Waals surface area contributed by atoms with Crippen LogP contribution >= 0.6 is 0 Å². The Kier molecular flexibility index (Phi) is 5.43. The minimum absolute atomic E-state index is 0.189. The molecule has 0 atom stereocenters. The van der Waals surface area contributed by atoms with E-state index in [2.05, 4.69) is 0 Å². The minimum Gasteiger partial charge on any atom is -0.474 e. The van der Waals surface area contributed by atoms with Crippen LogP contribution in [0.5, 0.6) is 5.88 Å². The summed E-state index contributed by atoms with van der Waals surface area (Å²) >= 11 is 0. The van der Waals surface area contributed by atoms with E-state index in [1.54, 1.807) is 4.90 Å². The molecule has 0 saturated heterocycles. The van der Waals surface area contributed by atoms with Gasteiger partial charge in [0.25, 0.3) is 0 Å². The molecule has 1 aliphatic heterocycles. The SMILES string of the molecule is CC(C)(C)OC(=O)N1CCc2nc(-c3ccccc3)nc(OC3CCCC3)c2C1. The summed E-state index contributed by atoms with van der Waals surface area (Å²) in [6.45, 7) is 6.64. The molecular weight excluding hydrogens is 366 g/mol. The molecule has 1 saturated carbocycles. The van der Waals surface area contributed by atoms with Gasteiger partial charge in [-0.2, -0.15) is 4.98 Å². The topological polar surface area (TPSA) is 64.5 Å². The van der Waals surface area contributed by atoms with E-state index in [0.29, 0.717) is 31.2 Å². The number of hydrogen-bond acceptors (Lipinski definition) is 5. The van der Waals surface area contributed by atoms with Gasteiger partial charge in [-0.05, 0) is 46.5 Å². The van der Waals surface area contributed by atoms with Crippen LogP contribution in [0.1, 0.15) is 57.7 Å². The zero-order valence-electron chi connectivity index (χ0n) is 17.5. The van der Waals surface area contributed by atoms with E-state index in [1.165, 1.54) is 12.8 Å². The third-order valence-electron chi connectivity index (χ3n) is 5.29. The second kappa shape index (κ2) is 8.01. The summed E-state index contributed by atoms with van der Waals surface area (Å²) in [5.41, 5.74) is 2.33. The molecule has 29 heavy (non-hydrogen) atoms. The molecule has 1 aliphatic carbocycles. The number of amides is 1. The molecule has 1 fully saturated rings. The molecule has 0 radical (unpaired) electrons. The quantitative estimate of drug-likeness (QED) is 0.750. The number of rotatable bonds is 3. The molecule has 0 spiro atoms. The van der Waals surface area contributed by atoms with Crippen molar-refractivity contribution in [1.82, 2.24) is 14.9 Å². The number of ether oxygens (including phenoxy) is 2. The zero-order valence-corrected chi connectivity index (χ0v) is 17.5. The lowest BCUT2D eigenvalue weighted by atomic mass is 10.1. The van der Waals surface area contributed by atoms with Crippen LogP contribution < -0.4 is 4.74 Å². The molecule has 0 N–H and O–H groups in total. The van der Waals surface area contributed by atoms with Gasteiger partial charge in [0.05, 0.1) is 17.8 Å². The summed E-state index contributed by atoms with van der Waals surface area (Å²) in [6.07, 6.45) is 5.03. The van der Waals surface area contributed by atoms with Crippen molar-refractivity contribution in [3.8, 4) is 17.3 Å². The molecule has 2 heterocycles. The monoisotopic (exact) mass is 395 g/mol. The zero-order chi connectivity index (χ0) is 20.4. The standard InChI is InChI=1S/C23H29N3O3/c1-23(2,3)29-22(27)26-14-13-19-18(15-26)21(28-17-11-7-8-12-17)25-20(24-19)16-9-5-4-6-10-16/h4-6,9-10,17H,7-8,11-15H2,1-3H3. The third kappa shape index (κ3) is 4.69. The summed E-state index contributed by atoms with van der Waals surface area (Å²) < 4.78 is 11.9. The average Bonchev–Trinajstić information content (AvgIpc) is 3.20. The van der Waals surface area contributed by atoms with Crippen LogP contribution in [0.15, 0.2) is 30.3 Å². The van der Waals surface area contributed by atoms with Gasteiger partial charge in [0.2, 0.25) is 5.88 Å². The molecule has 2 aromatic rings. The Morgan fingerprint density at radius 2 is 1.83 bits per heavy atom. The van der Waals surface area contributed by atoms with Gasteiger partial charge in [-0.25, -0.2) is 9.78 Å². The van der Waals surface area contributed by atoms with Crippen molar-refractivity contribution in [3.05, 3.63) is 41.6 Å². The number of fused-ring (bicyclic) bond motifs is 1. The minimum atomic E-state index is -0.520. The van der Waals surface area contributed by atoms with E-state index in [4.69, 9.17) is 19.4 Å². The van der Waals surface area contributed by atoms with Crippen molar-refractivity contribution in [2.24, 2.45) is 0 Å². The fraction of sp³-hybridized carbons (Fsp3) is 0.522. The Hall–Kier alpha value is -2.63. The first kappa shape index (κ1) is 19.7. The highest BCUT2D eigenvalue weighted by atomic mass is 16.6. The highest BCUT2D eigenvalue weighted by Crippen LogP contribution is 2.32. The predicted octanol–water partition coefficient (Wildman–Crippen LogP) is 4.76. The Morgan fingerprint density at radius 3 is 2.52 bits per heavy atom. The van der Waals surface area contributed by atoms with Crippen molar-refractivity contribution in [3.63, 3.8) is 0 Å². The van der Waals surface area contributed by atoms with Crippen LogP contribution in [-0.4, -0.2) is 39.2 Å². The fourth-order valence-electron chi connectivity index (χ4n) is 3.84. The van der Waals surface area contributed by atoms with Crippen LogP contribution in [0.25, 0.3) is 11.4 Å². The summed E-state index contributed by atoms with van der Waals surface area (Å²) in [5.74, 6) is 1.30. The summed E-state index contributed by atoms with van der Waals surface area (Å²) in [7, 11) is 0. The fourth-order valence-corrected chi connectivity index (χ4v) is 3.84. The molecule has 6 heteroatoms. The van der Waals surface area contributed by atoms with E-state index in [-0.39, 0.29) is 12.2 Å². The molecule has 1 aromatic heterocycles. The lowest BCUT2D eigenvalue weighted by Gasteiger charge is -2.31. The van der Waals surface area contributed by atoms with Crippen LogP contribution in [-0.2, 0) is 17.7 Å². The van der Waals surface area contributed by atoms with Crippen LogP contribution in [0.3, 0.4) is 0 Å². The Morgan fingerprint density at radius 1 is 1.10 bits per heavy atom. The first-order valence-corrected chi connectivity index (χ1v) is 10.5. The van der Waals surface area contributed by atoms with Crippen LogP contribution in [0.4, 0.5) is 4.79 Å². The first-order valence-electron chi connectivity index (χ1n) is 10.5. The van der Waals surface area contributed by atoms with E-state index in [0.717, 1.165) is 29.7 Å². The maximum atomic E-state index is 12.6. The molecule has 1 amide bonds. The van der Waals surface area contributed by atoms with Crippen molar-refractivity contribution >= 4 is 6.09 Å². The Labute approximate surface area is 172 Å². The van der Waals surface area contributed by atoms with E-state index >= 15 is 0 Å². The Bertz CT molecular complexity index is 871. The van der Waals surface area contributed by atoms with Gasteiger partial charge in [0.1, 0.15) is 11.7 Å². The van der Waals surface area contributed by atoms with Gasteiger partial charge < -0.3 is 14.4 Å². The highest BCUT2D eigenvalue weighted by Gasteiger charge is 2.30. The molecule has 0 bridgehead atoms. The number of hydrogen-bond donors (Lipinski definition) is 0. The van der Waals surface area contributed by atoms with E-state index < -0.39 is 5.60 Å². The van der Waals surface area contributed by atoms with Crippen molar-refractivity contribution in [2.45, 2.75) is 71.1 Å². The summed E-state index contributed by atoms with van der Waals surface area (Å²) in [5, 5.41) is 0. The van der Waals surface area contributed by atoms with Crippen molar-refractivity contribution in [1.29, 1.82) is 0 Å². The predicted molar refractivity (Wildman–Crippen MR) is 111 cm³/mol. The molecule has 0 unspecified atom stereocenters. The maximum Gasteiger partial charge on any atom is 0.410 e. The molecular formula is C23H29N3O3. The average molecular weight is 396 g/mol. The van der Waals surface area contributed by atoms with Crippen LogP contribution in [0, 0.1) is 0 Å². The van der Waals surface area contributed by atoms with Gasteiger partial charge in [0, 0.05) is 18.5 Å². The second-order valence-electron chi connectivity index (χ2n) is 8.82. The third-order valence-corrected chi connectivity index (χ3v) is 5.29. The molecule has 1 aromatic carbocycles. The highest BCUT2D eigenvalue weighted by molar-refractivity contribution is 5.69. The molecule has 4 rings (SSSR count). The molecule has 6 nitrogen and oxygen atoms in total. The number of carbonyl (C=O) groups excluding carboxylic acids is 1. The molecule has 154 valence electrons. The van der Waals surface area contributed by atoms with Gasteiger partial charge in [-0.3, -0.25) is 0 Å². The number of benzene rings is 1. The van der Waals surface area contributed by atoms with Crippen molar-refractivity contribution in [2.75, 3.05) is 6.54 Å². The summed E-state index contributed by atoms with van der Waals surface area (Å²) in [6, 6.07) is 9.98. The van der Waals surface area contributed by atoms with Crippen molar-refractivity contribution < 1.29 is 14.3 Å². The summed E-state index contributed by atoms with van der Waals surface area (Å²) in [4.78, 5) is 23.9. The van der Waals surface area contributed by atoms with Gasteiger partial charge in [-0.15, -0.1) is 0 Å². The Balaban J connectivity index is 1.65. The molecule has 2 aliphatic rings. The van der Waals surface area contributed by atoms with Gasteiger partial charge >= 0.3 is 6.09 Å². The van der Waals surface area contributed by atoms with Gasteiger partial charge in [-0.1, -0.05) is 30.3 Å². The number of carbonyl (C=O) groups is 1. The smallest absolute Gasteiger partial charge is 0.410 e. The van der Waals surface area contributed by atoms with Crippen LogP contribution in [0.2, 0.25) is 0 Å². The van der Waals surface area contributed by atoms with Gasteiger partial charge in [0.15, 0.2) is 5.82 Å². The lowest BCUT2D eigenvalue weighted by molar-refractivity contribution is 0.0219. The lowest BCUT2D eigenvalue weighted by Crippen LogP contribution is -2.40. The van der Waals surface area contributed by atoms with E-state index in [9.17, 15) is 4.79 Å². The second-order valence-corrected chi connectivity index (χ2v) is 8.82. The maximum absolute atomic E-state index is 12.6. The first-order chi connectivity index (χ1) is 13.9.